The van der Waals surface area contributed by atoms with Gasteiger partial charge < -0.3 is 9.84 Å². The fourth-order valence-corrected chi connectivity index (χ4v) is 1.23. The van der Waals surface area contributed by atoms with Crippen LogP contribution in [0, 0.1) is 5.82 Å². The van der Waals surface area contributed by atoms with Crippen molar-refractivity contribution in [3.05, 3.63) is 29.6 Å². The number of benzene rings is 1. The van der Waals surface area contributed by atoms with E-state index in [-0.39, 0.29) is 24.3 Å². The van der Waals surface area contributed by atoms with Gasteiger partial charge in [-0.2, -0.15) is 0 Å². The molecule has 0 saturated heterocycles. The summed E-state index contributed by atoms with van der Waals surface area (Å²) in [6.07, 6.45) is -0.385. The average Bonchev–Trinajstić information content (AvgIpc) is 2.20. The third-order valence-electron chi connectivity index (χ3n) is 2.21. The van der Waals surface area contributed by atoms with Crippen LogP contribution in [0.25, 0.3) is 0 Å². The Labute approximate surface area is 89.7 Å². The quantitative estimate of drug-likeness (QED) is 0.831. The van der Waals surface area contributed by atoms with Crippen LogP contribution in [0.2, 0.25) is 0 Å². The van der Waals surface area contributed by atoms with Gasteiger partial charge in [0.2, 0.25) is 0 Å². The van der Waals surface area contributed by atoms with Gasteiger partial charge in [0.1, 0.15) is 6.10 Å². The number of aliphatic hydroxyl groups is 1. The van der Waals surface area contributed by atoms with Crippen molar-refractivity contribution in [2.75, 3.05) is 6.61 Å². The van der Waals surface area contributed by atoms with Crippen molar-refractivity contribution in [3.63, 3.8) is 0 Å². The molecule has 0 spiro atoms. The first kappa shape index (κ1) is 12.0. The second-order valence-electron chi connectivity index (χ2n) is 3.96. The third kappa shape index (κ3) is 3.20. The van der Waals surface area contributed by atoms with Crippen molar-refractivity contribution in [3.8, 4) is 5.75 Å². The predicted molar refractivity (Wildman–Crippen MR) is 57.7 cm³/mol. The van der Waals surface area contributed by atoms with Crippen LogP contribution in [0.1, 0.15) is 32.3 Å². The second-order valence-corrected chi connectivity index (χ2v) is 3.96. The normalized spacial score (nSPS) is 12.9. The highest BCUT2D eigenvalue weighted by molar-refractivity contribution is 5.31. The zero-order chi connectivity index (χ0) is 11.4. The van der Waals surface area contributed by atoms with Crippen LogP contribution in [-0.2, 0) is 0 Å². The van der Waals surface area contributed by atoms with Gasteiger partial charge in [0.15, 0.2) is 11.6 Å². The number of hydrogen-bond donors (Lipinski definition) is 1. The van der Waals surface area contributed by atoms with Crippen LogP contribution in [0.4, 0.5) is 4.39 Å². The van der Waals surface area contributed by atoms with Crippen molar-refractivity contribution in [1.82, 2.24) is 0 Å². The lowest BCUT2D eigenvalue weighted by atomic mass is 10.0. The lowest BCUT2D eigenvalue weighted by Crippen LogP contribution is -2.16. The van der Waals surface area contributed by atoms with Gasteiger partial charge in [0.05, 0.1) is 6.61 Å². The van der Waals surface area contributed by atoms with E-state index in [1.165, 1.54) is 6.07 Å². The lowest BCUT2D eigenvalue weighted by Gasteiger charge is -2.14. The SMILES string of the molecule is CC(C)c1ccc(O[C@H](C)CO)c(F)c1. The minimum Gasteiger partial charge on any atom is -0.485 e. The summed E-state index contributed by atoms with van der Waals surface area (Å²) in [4.78, 5) is 0. The van der Waals surface area contributed by atoms with Gasteiger partial charge in [-0.15, -0.1) is 0 Å². The summed E-state index contributed by atoms with van der Waals surface area (Å²) in [7, 11) is 0. The van der Waals surface area contributed by atoms with Gasteiger partial charge in [0.25, 0.3) is 0 Å². The molecule has 0 amide bonds. The zero-order valence-corrected chi connectivity index (χ0v) is 9.33. The number of hydrogen-bond acceptors (Lipinski definition) is 2. The van der Waals surface area contributed by atoms with E-state index in [9.17, 15) is 4.39 Å². The van der Waals surface area contributed by atoms with Crippen molar-refractivity contribution >= 4 is 0 Å². The fourth-order valence-electron chi connectivity index (χ4n) is 1.23. The molecule has 1 atom stereocenters. The van der Waals surface area contributed by atoms with E-state index in [4.69, 9.17) is 9.84 Å². The van der Waals surface area contributed by atoms with E-state index in [2.05, 4.69) is 0 Å². The van der Waals surface area contributed by atoms with Crippen LogP contribution in [0.3, 0.4) is 0 Å². The van der Waals surface area contributed by atoms with Gasteiger partial charge in [-0.3, -0.25) is 0 Å². The van der Waals surface area contributed by atoms with E-state index < -0.39 is 0 Å². The second kappa shape index (κ2) is 5.12. The van der Waals surface area contributed by atoms with Crippen LogP contribution in [0.15, 0.2) is 18.2 Å². The van der Waals surface area contributed by atoms with Crippen molar-refractivity contribution in [1.29, 1.82) is 0 Å². The van der Waals surface area contributed by atoms with Crippen molar-refractivity contribution < 1.29 is 14.2 Å². The molecule has 0 radical (unpaired) electrons. The Hall–Kier alpha value is -1.09. The Morgan fingerprint density at radius 3 is 2.47 bits per heavy atom. The molecular formula is C12H17FO2. The average molecular weight is 212 g/mol. The molecule has 1 rings (SSSR count). The summed E-state index contributed by atoms with van der Waals surface area (Å²) in [5.41, 5.74) is 0.941. The first-order chi connectivity index (χ1) is 7.04. The molecule has 0 aromatic heterocycles. The highest BCUT2D eigenvalue weighted by Gasteiger charge is 2.09. The Bertz CT molecular complexity index is 323. The Balaban J connectivity index is 2.83. The third-order valence-corrected chi connectivity index (χ3v) is 2.21. The largest absolute Gasteiger partial charge is 0.485 e. The summed E-state index contributed by atoms with van der Waals surface area (Å²) in [6.45, 7) is 5.58. The summed E-state index contributed by atoms with van der Waals surface area (Å²) >= 11 is 0. The standard InChI is InChI=1S/C12H17FO2/c1-8(2)10-4-5-12(11(13)6-10)15-9(3)7-14/h4-6,8-9,14H,7H2,1-3H3/t9-/m1/s1. The number of ether oxygens (including phenoxy) is 1. The molecule has 15 heavy (non-hydrogen) atoms. The fraction of sp³-hybridized carbons (Fsp3) is 0.500. The van der Waals surface area contributed by atoms with Crippen LogP contribution >= 0.6 is 0 Å². The monoisotopic (exact) mass is 212 g/mol. The van der Waals surface area contributed by atoms with Gasteiger partial charge in [0, 0.05) is 0 Å². The maximum Gasteiger partial charge on any atom is 0.165 e. The van der Waals surface area contributed by atoms with Gasteiger partial charge >= 0.3 is 0 Å². The molecule has 0 unspecified atom stereocenters. The zero-order valence-electron chi connectivity index (χ0n) is 9.33. The highest BCUT2D eigenvalue weighted by Crippen LogP contribution is 2.23. The lowest BCUT2D eigenvalue weighted by molar-refractivity contribution is 0.125. The molecule has 0 heterocycles. The van der Waals surface area contributed by atoms with Crippen LogP contribution < -0.4 is 4.74 Å². The molecule has 0 fully saturated rings. The van der Waals surface area contributed by atoms with Gasteiger partial charge in [-0.05, 0) is 30.5 Å². The molecule has 2 nitrogen and oxygen atoms in total. The maximum atomic E-state index is 13.5. The molecule has 0 bridgehead atoms. The van der Waals surface area contributed by atoms with Crippen molar-refractivity contribution in [2.45, 2.75) is 32.8 Å². The summed E-state index contributed by atoms with van der Waals surface area (Å²) < 4.78 is 18.7. The maximum absolute atomic E-state index is 13.5. The first-order valence-electron chi connectivity index (χ1n) is 5.11. The van der Waals surface area contributed by atoms with E-state index in [0.29, 0.717) is 5.92 Å². The number of aliphatic hydroxyl groups excluding tert-OH is 1. The Morgan fingerprint density at radius 1 is 1.33 bits per heavy atom. The molecule has 1 N–H and O–H groups in total. The number of halogens is 1. The molecule has 0 aliphatic heterocycles. The molecule has 1 aromatic carbocycles. The van der Waals surface area contributed by atoms with Crippen LogP contribution in [0.5, 0.6) is 5.75 Å². The Kier molecular flexibility index (Phi) is 4.09. The van der Waals surface area contributed by atoms with Gasteiger partial charge in [-0.25, -0.2) is 4.39 Å². The van der Waals surface area contributed by atoms with E-state index in [0.717, 1.165) is 5.56 Å². The van der Waals surface area contributed by atoms with E-state index in [1.807, 2.05) is 19.9 Å². The summed E-state index contributed by atoms with van der Waals surface area (Å²) in [6, 6.07) is 4.92. The minimum atomic E-state index is -0.385. The summed E-state index contributed by atoms with van der Waals surface area (Å²) in [5.74, 6) is 0.117. The van der Waals surface area contributed by atoms with Crippen LogP contribution in [-0.4, -0.2) is 17.8 Å². The molecule has 0 saturated carbocycles. The molecule has 84 valence electrons. The van der Waals surface area contributed by atoms with E-state index in [1.54, 1.807) is 13.0 Å². The van der Waals surface area contributed by atoms with E-state index >= 15 is 0 Å². The molecular weight excluding hydrogens is 195 g/mol. The van der Waals surface area contributed by atoms with Gasteiger partial charge in [-0.1, -0.05) is 19.9 Å². The highest BCUT2D eigenvalue weighted by atomic mass is 19.1. The Morgan fingerprint density at radius 2 is 2.00 bits per heavy atom. The smallest absolute Gasteiger partial charge is 0.165 e. The molecule has 1 aromatic rings. The topological polar surface area (TPSA) is 29.5 Å². The minimum absolute atomic E-state index is 0.120. The molecule has 0 aliphatic carbocycles. The molecule has 0 aliphatic rings. The summed E-state index contributed by atoms with van der Waals surface area (Å²) in [5, 5.41) is 8.78. The van der Waals surface area contributed by atoms with Crippen molar-refractivity contribution in [2.24, 2.45) is 0 Å². The predicted octanol–water partition coefficient (Wildman–Crippen LogP) is 2.71. The first-order valence-corrected chi connectivity index (χ1v) is 5.11. The number of rotatable bonds is 4. The molecule has 3 heteroatoms.